The second-order valence-electron chi connectivity index (χ2n) is 18.6. The van der Waals surface area contributed by atoms with Crippen LogP contribution in [0, 0.1) is 11.3 Å². The van der Waals surface area contributed by atoms with Gasteiger partial charge in [-0.25, -0.2) is 4.79 Å². The lowest BCUT2D eigenvalue weighted by Crippen LogP contribution is -2.28. The van der Waals surface area contributed by atoms with Gasteiger partial charge in [0.25, 0.3) is 0 Å². The summed E-state index contributed by atoms with van der Waals surface area (Å²) in [7, 11) is 0. The number of benzene rings is 7. The predicted molar refractivity (Wildman–Crippen MR) is 295 cm³/mol. The average Bonchev–Trinajstić information content (AvgIpc) is 4.15. The molecule has 0 bridgehead atoms. The molecule has 0 radical (unpaired) electrons. The van der Waals surface area contributed by atoms with Gasteiger partial charge in [-0.2, -0.15) is 14.0 Å². The smallest absolute Gasteiger partial charge is 0.346 e. The van der Waals surface area contributed by atoms with Gasteiger partial charge in [-0.15, -0.1) is 11.3 Å². The largest absolute Gasteiger partial charge is 0.477 e. The van der Waals surface area contributed by atoms with Gasteiger partial charge in [0.05, 0.1) is 17.1 Å². The lowest BCUT2D eigenvalue weighted by atomic mass is 9.67. The molecule has 1 N–H and O–H groups in total. The Bertz CT molecular complexity index is 3270. The minimum Gasteiger partial charge on any atom is -0.477 e. The number of hydrogen-bond acceptors (Lipinski definition) is 7. The van der Waals surface area contributed by atoms with Gasteiger partial charge in [-0.1, -0.05) is 180 Å². The number of thiophene rings is 1. The van der Waals surface area contributed by atoms with Crippen molar-refractivity contribution in [3.63, 3.8) is 0 Å². The molecule has 352 valence electrons. The van der Waals surface area contributed by atoms with Crippen LogP contribution in [0.1, 0.15) is 104 Å². The molecular weight excluding hydrogens is 909 g/mol. The zero-order valence-corrected chi connectivity index (χ0v) is 41.9. The summed E-state index contributed by atoms with van der Waals surface area (Å²) in [6.45, 7) is 4.54. The fourth-order valence-electron chi connectivity index (χ4n) is 10.4. The molecule has 0 fully saturated rings. The van der Waals surface area contributed by atoms with Crippen LogP contribution in [-0.2, 0) is 23.1 Å². The van der Waals surface area contributed by atoms with Crippen LogP contribution in [0.2, 0.25) is 0 Å². The predicted octanol–water partition coefficient (Wildman–Crippen LogP) is 17.2. The minimum atomic E-state index is -1.25. The number of unbranched alkanes of at least 4 members (excludes halogenated alkanes) is 6. The Balaban J connectivity index is 1.15. The molecule has 71 heavy (non-hydrogen) atoms. The fourth-order valence-corrected chi connectivity index (χ4v) is 12.3. The number of para-hydroxylation sites is 2. The summed E-state index contributed by atoms with van der Waals surface area (Å²) in [5.74, 6) is -1.25. The van der Waals surface area contributed by atoms with Gasteiger partial charge in [0.1, 0.15) is 22.7 Å². The van der Waals surface area contributed by atoms with Gasteiger partial charge in [0, 0.05) is 37.9 Å². The zero-order valence-electron chi connectivity index (χ0n) is 40.3. The Kier molecular flexibility index (Phi) is 14.2. The lowest BCUT2D eigenvalue weighted by molar-refractivity contribution is -0.132. The quantitative estimate of drug-likeness (QED) is 0.0493. The van der Waals surface area contributed by atoms with E-state index in [1.165, 1.54) is 113 Å². The van der Waals surface area contributed by atoms with E-state index in [1.54, 1.807) is 6.07 Å². The third-order valence-corrected chi connectivity index (χ3v) is 15.8. The highest BCUT2D eigenvalue weighted by Crippen LogP contribution is 2.61. The van der Waals surface area contributed by atoms with Gasteiger partial charge in [-0.05, 0) is 124 Å². The molecule has 0 spiro atoms. The van der Waals surface area contributed by atoms with E-state index in [4.69, 9.17) is 8.75 Å². The Morgan fingerprint density at radius 2 is 1.15 bits per heavy atom. The summed E-state index contributed by atoms with van der Waals surface area (Å²) in [5.41, 5.74) is 16.6. The van der Waals surface area contributed by atoms with Crippen molar-refractivity contribution in [1.29, 1.82) is 5.26 Å². The normalized spacial score (nSPS) is 12.7. The van der Waals surface area contributed by atoms with Gasteiger partial charge in [0.15, 0.2) is 0 Å². The number of nitrogens with zero attached hydrogens (tertiary/aromatic N) is 4. The summed E-state index contributed by atoms with van der Waals surface area (Å²) in [6.07, 6.45) is 13.4. The van der Waals surface area contributed by atoms with Crippen molar-refractivity contribution in [1.82, 2.24) is 8.75 Å². The van der Waals surface area contributed by atoms with Crippen molar-refractivity contribution >= 4 is 63.2 Å². The monoisotopic (exact) mass is 964 g/mol. The molecule has 1 aliphatic rings. The van der Waals surface area contributed by atoms with Crippen molar-refractivity contribution < 1.29 is 9.90 Å². The highest BCUT2D eigenvalue weighted by molar-refractivity contribution is 7.19. The topological polar surface area (TPSA) is 90.1 Å². The second-order valence-corrected chi connectivity index (χ2v) is 20.2. The van der Waals surface area contributed by atoms with Crippen LogP contribution in [0.25, 0.3) is 49.1 Å². The summed E-state index contributed by atoms with van der Waals surface area (Å²) in [4.78, 5) is 16.3. The third kappa shape index (κ3) is 9.36. The SMILES string of the molecule is CCCCCCc1ccc(C2(c3ccc(CCCCCC)cc3)c3cc(N(c4ccccc4)c4ccccc4)ccc3-c3sc(-c4ccc(-c5ccc(/C=C(/C#N)C(=O)O)cc5)c5nsnc45)cc32)cc1. The maximum absolute atomic E-state index is 11.5. The molecule has 6 nitrogen and oxygen atoms in total. The van der Waals surface area contributed by atoms with Gasteiger partial charge >= 0.3 is 5.97 Å². The van der Waals surface area contributed by atoms with Crippen molar-refractivity contribution in [2.75, 3.05) is 4.90 Å². The first-order valence-electron chi connectivity index (χ1n) is 25.0. The van der Waals surface area contributed by atoms with Gasteiger partial charge < -0.3 is 10.0 Å². The summed E-state index contributed by atoms with van der Waals surface area (Å²) < 4.78 is 9.81. The van der Waals surface area contributed by atoms with E-state index in [2.05, 4.69) is 164 Å². The standard InChI is InChI=1S/C63H56N4O2S2/c1-3-5-7-11-17-43-25-31-48(32-26-43)63(49-33-27-44(28-34-49)18-12-8-6-4-2)56-40-52(67(50-19-13-9-14-20-50)51-21-15-10-16-22-51)35-36-54(56)61-57(63)41-58(70-61)55-38-37-53(59-60(55)66-71-65-59)46-29-23-45(24-30-46)39-47(42-64)62(68)69/h9-10,13-16,19-41H,3-8,11-12,17-18H2,1-2H3,(H,68,69)/b47-39-. The maximum Gasteiger partial charge on any atom is 0.346 e. The summed E-state index contributed by atoms with van der Waals surface area (Å²) in [5, 5.41) is 18.7. The summed E-state index contributed by atoms with van der Waals surface area (Å²) >= 11 is 3.04. The molecule has 0 saturated heterocycles. The Morgan fingerprint density at radius 3 is 1.70 bits per heavy atom. The minimum absolute atomic E-state index is 0.311. The number of carboxylic acids is 1. The first kappa shape index (κ1) is 47.2. The van der Waals surface area contributed by atoms with E-state index in [1.807, 2.05) is 35.6 Å². The number of anilines is 3. The first-order chi connectivity index (χ1) is 34.9. The third-order valence-electron chi connectivity index (χ3n) is 14.1. The van der Waals surface area contributed by atoms with E-state index in [9.17, 15) is 15.2 Å². The van der Waals surface area contributed by atoms with Gasteiger partial charge in [0.2, 0.25) is 0 Å². The number of fused-ring (bicyclic) bond motifs is 4. The van der Waals surface area contributed by atoms with Crippen LogP contribution in [-0.4, -0.2) is 19.8 Å². The van der Waals surface area contributed by atoms with E-state index < -0.39 is 11.4 Å². The van der Waals surface area contributed by atoms with E-state index in [0.717, 1.165) is 62.5 Å². The molecule has 0 saturated carbocycles. The van der Waals surface area contributed by atoms with Crippen molar-refractivity contribution in [2.24, 2.45) is 0 Å². The highest BCUT2D eigenvalue weighted by atomic mass is 32.1. The Labute approximate surface area is 425 Å². The Morgan fingerprint density at radius 1 is 0.606 bits per heavy atom. The number of carbonyl (C=O) groups is 1. The molecule has 1 aliphatic carbocycles. The first-order valence-corrected chi connectivity index (χ1v) is 26.5. The molecule has 10 rings (SSSR count). The fraction of sp³-hybridized carbons (Fsp3) is 0.206. The average molecular weight is 965 g/mol. The van der Waals surface area contributed by atoms with E-state index in [-0.39, 0.29) is 5.57 Å². The second kappa shape index (κ2) is 21.3. The van der Waals surface area contributed by atoms with Crippen molar-refractivity contribution in [2.45, 2.75) is 83.5 Å². The number of aliphatic carboxylic acids is 1. The summed E-state index contributed by atoms with van der Waals surface area (Å²) in [6, 6.07) is 63.7. The van der Waals surface area contributed by atoms with Crippen LogP contribution in [0.5, 0.6) is 0 Å². The molecule has 8 heteroatoms. The number of carboxylic acid groups (broad SMARTS) is 1. The molecule has 2 heterocycles. The van der Waals surface area contributed by atoms with Crippen molar-refractivity contribution in [3.05, 3.63) is 214 Å². The molecule has 0 aliphatic heterocycles. The zero-order chi connectivity index (χ0) is 48.7. The number of aromatic nitrogens is 2. The number of nitriles is 1. The maximum atomic E-state index is 11.5. The van der Waals surface area contributed by atoms with Gasteiger partial charge in [-0.3, -0.25) is 0 Å². The van der Waals surface area contributed by atoms with Crippen LogP contribution >= 0.6 is 23.1 Å². The van der Waals surface area contributed by atoms with E-state index >= 15 is 0 Å². The van der Waals surface area contributed by atoms with Crippen LogP contribution in [0.3, 0.4) is 0 Å². The molecule has 9 aromatic rings. The highest BCUT2D eigenvalue weighted by Gasteiger charge is 2.48. The van der Waals surface area contributed by atoms with Crippen LogP contribution < -0.4 is 4.90 Å². The molecule has 0 amide bonds. The van der Waals surface area contributed by atoms with Crippen LogP contribution in [0.15, 0.2) is 175 Å². The molecule has 7 aromatic carbocycles. The molecule has 2 aromatic heterocycles. The molecule has 0 atom stereocenters. The number of aryl methyl sites for hydroxylation is 2. The van der Waals surface area contributed by atoms with Crippen LogP contribution in [0.4, 0.5) is 17.1 Å². The molecule has 0 unspecified atom stereocenters. The number of hydrogen-bond donors (Lipinski definition) is 1. The number of rotatable bonds is 19. The Hall–Kier alpha value is -7.44. The van der Waals surface area contributed by atoms with E-state index in [0.29, 0.717) is 5.56 Å². The molecular formula is C63H56N4O2S2. The lowest BCUT2D eigenvalue weighted by Gasteiger charge is -2.35. The van der Waals surface area contributed by atoms with Crippen molar-refractivity contribution in [3.8, 4) is 38.1 Å².